The van der Waals surface area contributed by atoms with Crippen LogP contribution < -0.4 is 4.83 Å². The lowest BCUT2D eigenvalue weighted by molar-refractivity contribution is 0.200. The molecule has 1 aliphatic rings. The Bertz CT molecular complexity index is 399. The van der Waals surface area contributed by atoms with Gasteiger partial charge in [-0.15, -0.1) is 28.6 Å². The van der Waals surface area contributed by atoms with Gasteiger partial charge < -0.3 is 0 Å². The quantitative estimate of drug-likeness (QED) is 0.920. The molecule has 7 heteroatoms. The van der Waals surface area contributed by atoms with Gasteiger partial charge in [-0.05, 0) is 24.3 Å². The molecule has 2 heterocycles. The number of halogens is 1. The number of nitrogens with zero attached hydrogens (tertiary/aromatic N) is 1. The number of nitrogens with one attached hydrogen (secondary N) is 1. The van der Waals surface area contributed by atoms with Gasteiger partial charge in [-0.25, -0.2) is 13.4 Å². The Balaban J connectivity index is 0.00000128. The molecule has 0 amide bonds. The lowest BCUT2D eigenvalue weighted by Gasteiger charge is -2.26. The van der Waals surface area contributed by atoms with Crippen LogP contribution in [0.4, 0.5) is 0 Å². The molecule has 0 atom stereocenters. The van der Waals surface area contributed by atoms with Gasteiger partial charge in [0.05, 0.1) is 0 Å². The Morgan fingerprint density at radius 1 is 1.25 bits per heavy atom. The summed E-state index contributed by atoms with van der Waals surface area (Å²) in [4.78, 5) is 2.61. The first-order chi connectivity index (χ1) is 7.18. The van der Waals surface area contributed by atoms with Gasteiger partial charge in [0.15, 0.2) is 0 Å². The second-order valence-corrected chi connectivity index (χ2v) is 6.41. The molecule has 92 valence electrons. The standard InChI is InChI=1S/C9H14N2O2S2.ClH/c12-15(13,9-5-4-8-14-9)10-11-6-2-1-3-7-11;/h4-5,8,10H,1-3,6-7H2;1H. The number of hydrogen-bond acceptors (Lipinski definition) is 4. The van der Waals surface area contributed by atoms with E-state index in [1.807, 2.05) is 0 Å². The van der Waals surface area contributed by atoms with Crippen molar-refractivity contribution in [1.82, 2.24) is 9.84 Å². The Hall–Kier alpha value is -0.140. The predicted octanol–water partition coefficient (Wildman–Crippen LogP) is 1.85. The number of piperidine rings is 1. The molecule has 0 aliphatic carbocycles. The molecule has 1 fully saturated rings. The number of rotatable bonds is 3. The highest BCUT2D eigenvalue weighted by molar-refractivity contribution is 7.91. The maximum Gasteiger partial charge on any atom is 0.262 e. The fraction of sp³-hybridized carbons (Fsp3) is 0.556. The van der Waals surface area contributed by atoms with Crippen LogP contribution in [-0.2, 0) is 10.0 Å². The molecule has 0 unspecified atom stereocenters. The first-order valence-corrected chi connectivity index (χ1v) is 7.36. The summed E-state index contributed by atoms with van der Waals surface area (Å²) >= 11 is 1.24. The van der Waals surface area contributed by atoms with Gasteiger partial charge in [0, 0.05) is 13.1 Å². The molecule has 1 saturated heterocycles. The monoisotopic (exact) mass is 282 g/mol. The van der Waals surface area contributed by atoms with E-state index >= 15 is 0 Å². The molecule has 1 aliphatic heterocycles. The Labute approximate surface area is 106 Å². The molecule has 2 rings (SSSR count). The number of sulfonamides is 1. The van der Waals surface area contributed by atoms with Gasteiger partial charge in [0.1, 0.15) is 4.21 Å². The summed E-state index contributed by atoms with van der Waals surface area (Å²) in [6.45, 7) is 1.62. The van der Waals surface area contributed by atoms with Gasteiger partial charge in [0.25, 0.3) is 10.0 Å². The molecule has 16 heavy (non-hydrogen) atoms. The van der Waals surface area contributed by atoms with Crippen molar-refractivity contribution in [3.8, 4) is 0 Å². The van der Waals surface area contributed by atoms with Crippen LogP contribution >= 0.6 is 23.7 Å². The van der Waals surface area contributed by atoms with Crippen molar-refractivity contribution < 1.29 is 8.42 Å². The summed E-state index contributed by atoms with van der Waals surface area (Å²) < 4.78 is 24.0. The van der Waals surface area contributed by atoms with Gasteiger partial charge in [-0.1, -0.05) is 12.5 Å². The second-order valence-electron chi connectivity index (χ2n) is 3.57. The number of thiophene rings is 1. The number of hydrazine groups is 1. The maximum atomic E-state index is 11.8. The van der Waals surface area contributed by atoms with Gasteiger partial charge in [-0.3, -0.25) is 0 Å². The van der Waals surface area contributed by atoms with Crippen molar-refractivity contribution in [3.05, 3.63) is 17.5 Å². The van der Waals surface area contributed by atoms with Crippen molar-refractivity contribution in [2.45, 2.75) is 23.5 Å². The Morgan fingerprint density at radius 2 is 1.94 bits per heavy atom. The third-order valence-corrected chi connectivity index (χ3v) is 5.14. The molecule has 1 aromatic heterocycles. The minimum atomic E-state index is -3.32. The summed E-state index contributed by atoms with van der Waals surface area (Å²) in [6, 6.07) is 3.37. The van der Waals surface area contributed by atoms with Crippen LogP contribution in [-0.4, -0.2) is 26.5 Å². The normalized spacial score (nSPS) is 18.0. The van der Waals surface area contributed by atoms with Crippen molar-refractivity contribution in [3.63, 3.8) is 0 Å². The molecule has 0 radical (unpaired) electrons. The van der Waals surface area contributed by atoms with Crippen LogP contribution in [0.3, 0.4) is 0 Å². The zero-order valence-corrected chi connectivity index (χ0v) is 11.2. The second kappa shape index (κ2) is 5.97. The van der Waals surface area contributed by atoms with E-state index in [0.717, 1.165) is 25.9 Å². The van der Waals surface area contributed by atoms with Crippen LogP contribution in [0.15, 0.2) is 21.7 Å². The Morgan fingerprint density at radius 3 is 2.50 bits per heavy atom. The first kappa shape index (κ1) is 13.9. The summed E-state index contributed by atoms with van der Waals surface area (Å²) in [7, 11) is -3.32. The molecular formula is C9H15ClN2O2S2. The summed E-state index contributed by atoms with van der Waals surface area (Å²) in [6.07, 6.45) is 3.32. The van der Waals surface area contributed by atoms with E-state index in [0.29, 0.717) is 4.21 Å². The van der Waals surface area contributed by atoms with Crippen molar-refractivity contribution in [2.24, 2.45) is 0 Å². The van der Waals surface area contributed by atoms with Crippen LogP contribution in [0, 0.1) is 0 Å². The fourth-order valence-electron chi connectivity index (χ4n) is 1.62. The molecular weight excluding hydrogens is 268 g/mol. The van der Waals surface area contributed by atoms with Gasteiger partial charge >= 0.3 is 0 Å². The highest BCUT2D eigenvalue weighted by Crippen LogP contribution is 2.16. The van der Waals surface area contributed by atoms with E-state index in [1.54, 1.807) is 22.5 Å². The van der Waals surface area contributed by atoms with Crippen LogP contribution in [0.2, 0.25) is 0 Å². The molecule has 4 nitrogen and oxygen atoms in total. The highest BCUT2D eigenvalue weighted by atomic mass is 35.5. The average molecular weight is 283 g/mol. The fourth-order valence-corrected chi connectivity index (χ4v) is 3.72. The van der Waals surface area contributed by atoms with Crippen LogP contribution in [0.1, 0.15) is 19.3 Å². The van der Waals surface area contributed by atoms with Crippen LogP contribution in [0.25, 0.3) is 0 Å². The van der Waals surface area contributed by atoms with E-state index < -0.39 is 10.0 Å². The van der Waals surface area contributed by atoms with Crippen molar-refractivity contribution in [1.29, 1.82) is 0 Å². The van der Waals surface area contributed by atoms with Crippen LogP contribution in [0.5, 0.6) is 0 Å². The topological polar surface area (TPSA) is 49.4 Å². The van der Waals surface area contributed by atoms with E-state index in [2.05, 4.69) is 4.83 Å². The largest absolute Gasteiger partial charge is 0.262 e. The van der Waals surface area contributed by atoms with Gasteiger partial charge in [0.2, 0.25) is 0 Å². The highest BCUT2D eigenvalue weighted by Gasteiger charge is 2.20. The molecule has 0 bridgehead atoms. The SMILES string of the molecule is Cl.O=S(=O)(NN1CCCCC1)c1cccs1. The van der Waals surface area contributed by atoms with E-state index in [-0.39, 0.29) is 12.4 Å². The lowest BCUT2D eigenvalue weighted by Crippen LogP contribution is -2.44. The van der Waals surface area contributed by atoms with Crippen molar-refractivity contribution in [2.75, 3.05) is 13.1 Å². The van der Waals surface area contributed by atoms with Crippen molar-refractivity contribution >= 4 is 33.8 Å². The first-order valence-electron chi connectivity index (χ1n) is 4.99. The Kier molecular flexibility index (Phi) is 5.20. The predicted molar refractivity (Wildman–Crippen MR) is 67.3 cm³/mol. The molecule has 1 aromatic rings. The number of hydrogen-bond donors (Lipinski definition) is 1. The summed E-state index contributed by atoms with van der Waals surface area (Å²) in [5.74, 6) is 0. The lowest BCUT2D eigenvalue weighted by atomic mass is 10.2. The summed E-state index contributed by atoms with van der Waals surface area (Å²) in [5, 5.41) is 3.56. The third kappa shape index (κ3) is 3.43. The molecule has 0 aromatic carbocycles. The van der Waals surface area contributed by atoms with E-state index in [9.17, 15) is 8.42 Å². The smallest absolute Gasteiger partial charge is 0.230 e. The maximum absolute atomic E-state index is 11.8. The minimum absolute atomic E-state index is 0. The average Bonchev–Trinajstić information content (AvgIpc) is 2.71. The van der Waals surface area contributed by atoms with E-state index in [4.69, 9.17) is 0 Å². The minimum Gasteiger partial charge on any atom is -0.230 e. The van der Waals surface area contributed by atoms with E-state index in [1.165, 1.54) is 17.8 Å². The summed E-state index contributed by atoms with van der Waals surface area (Å²) in [5.41, 5.74) is 0. The molecule has 1 N–H and O–H groups in total. The zero-order valence-electron chi connectivity index (χ0n) is 8.76. The molecule has 0 saturated carbocycles. The van der Waals surface area contributed by atoms with Gasteiger partial charge in [-0.2, -0.15) is 0 Å². The molecule has 0 spiro atoms. The third-order valence-electron chi connectivity index (χ3n) is 2.37. The zero-order chi connectivity index (χ0) is 10.7.